The van der Waals surface area contributed by atoms with Crippen LogP contribution < -0.4 is 0 Å². The van der Waals surface area contributed by atoms with E-state index in [0.717, 1.165) is 12.1 Å². The number of alkyl halides is 6. The zero-order chi connectivity index (χ0) is 17.9. The van der Waals surface area contributed by atoms with Crippen LogP contribution in [0.15, 0.2) is 36.4 Å². The van der Waals surface area contributed by atoms with E-state index in [9.17, 15) is 35.9 Å². The van der Waals surface area contributed by atoms with E-state index in [2.05, 4.69) is 0 Å². The molecular weight excluding hydrogens is 338 g/mol. The second-order valence-electron chi connectivity index (χ2n) is 5.17. The summed E-state index contributed by atoms with van der Waals surface area (Å²) in [5.41, 5.74) is -3.61. The number of ketones is 2. The number of halogens is 6. The maximum atomic E-state index is 12.8. The largest absolute Gasteiger partial charge is 0.416 e. The summed E-state index contributed by atoms with van der Waals surface area (Å²) in [6.07, 6.45) is -9.47. The van der Waals surface area contributed by atoms with Gasteiger partial charge in [-0.2, -0.15) is 26.3 Å². The molecule has 1 aliphatic carbocycles. The van der Waals surface area contributed by atoms with E-state index in [1.165, 1.54) is 0 Å². The minimum absolute atomic E-state index is 0.337. The van der Waals surface area contributed by atoms with Gasteiger partial charge in [-0.1, -0.05) is 0 Å². The van der Waals surface area contributed by atoms with E-state index in [1.807, 2.05) is 0 Å². The molecule has 0 saturated carbocycles. The van der Waals surface area contributed by atoms with Crippen LogP contribution in [0.4, 0.5) is 26.3 Å². The number of Topliss-reactive ketones (excluding diaryl/α,β-unsaturated/α-hetero) is 2. The number of rotatable bonds is 0. The highest BCUT2D eigenvalue weighted by molar-refractivity contribution is 6.53. The summed E-state index contributed by atoms with van der Waals surface area (Å²) in [7, 11) is 0. The van der Waals surface area contributed by atoms with E-state index in [0.29, 0.717) is 24.3 Å². The van der Waals surface area contributed by atoms with Crippen LogP contribution in [0.5, 0.6) is 0 Å². The molecule has 0 bridgehead atoms. The number of hydrogen-bond donors (Lipinski definition) is 0. The van der Waals surface area contributed by atoms with Crippen molar-refractivity contribution in [3.63, 3.8) is 0 Å². The van der Waals surface area contributed by atoms with Crippen molar-refractivity contribution in [1.82, 2.24) is 0 Å². The van der Waals surface area contributed by atoms with E-state index < -0.39 is 35.0 Å². The van der Waals surface area contributed by atoms with Crippen LogP contribution in [0, 0.1) is 0 Å². The van der Waals surface area contributed by atoms with Gasteiger partial charge in [-0.25, -0.2) is 0 Å². The number of fused-ring (bicyclic) bond motifs is 3. The molecule has 0 heterocycles. The van der Waals surface area contributed by atoms with Gasteiger partial charge in [0, 0.05) is 11.1 Å². The number of benzene rings is 2. The third kappa shape index (κ3) is 2.47. The van der Waals surface area contributed by atoms with Gasteiger partial charge >= 0.3 is 12.4 Å². The summed E-state index contributed by atoms with van der Waals surface area (Å²) in [6.45, 7) is 0. The summed E-state index contributed by atoms with van der Waals surface area (Å²) in [5, 5.41) is 0. The molecular formula is C16H6F6O2. The molecule has 8 heteroatoms. The molecule has 0 aromatic heterocycles. The predicted octanol–water partition coefficient (Wildman–Crippen LogP) is 4.77. The maximum absolute atomic E-state index is 12.8. The van der Waals surface area contributed by atoms with E-state index in [-0.39, 0.29) is 22.3 Å². The lowest BCUT2D eigenvalue weighted by molar-refractivity contribution is -0.138. The molecule has 124 valence electrons. The van der Waals surface area contributed by atoms with Gasteiger partial charge in [-0.05, 0) is 47.5 Å². The Hall–Kier alpha value is -2.64. The molecule has 0 atom stereocenters. The Balaban J connectivity index is 2.31. The second kappa shape index (κ2) is 4.93. The Labute approximate surface area is 130 Å². The molecule has 0 spiro atoms. The first-order valence-corrected chi connectivity index (χ1v) is 6.52. The molecule has 0 fully saturated rings. The Bertz CT molecular complexity index is 804. The highest BCUT2D eigenvalue weighted by atomic mass is 19.4. The quantitative estimate of drug-likeness (QED) is 0.510. The van der Waals surface area contributed by atoms with Gasteiger partial charge in [0.2, 0.25) is 11.6 Å². The number of carbonyl (C=O) groups is 2. The van der Waals surface area contributed by atoms with Gasteiger partial charge in [-0.3, -0.25) is 9.59 Å². The Kier molecular flexibility index (Phi) is 3.33. The molecule has 24 heavy (non-hydrogen) atoms. The van der Waals surface area contributed by atoms with Crippen LogP contribution in [-0.2, 0) is 12.4 Å². The normalized spacial score (nSPS) is 14.4. The standard InChI is InChI=1S/C16H6F6O2/c17-15(18,19)7-1-3-9-11(5-7)12-6-8(16(20,21)22)2-4-10(12)14(24)13(9)23/h1-6H. The van der Waals surface area contributed by atoms with Crippen LogP contribution in [-0.4, -0.2) is 11.6 Å². The van der Waals surface area contributed by atoms with Crippen LogP contribution in [0.3, 0.4) is 0 Å². The molecule has 0 radical (unpaired) electrons. The highest BCUT2D eigenvalue weighted by Crippen LogP contribution is 2.40. The van der Waals surface area contributed by atoms with Gasteiger partial charge in [0.1, 0.15) is 0 Å². The van der Waals surface area contributed by atoms with Gasteiger partial charge < -0.3 is 0 Å². The fourth-order valence-electron chi connectivity index (χ4n) is 2.53. The molecule has 0 amide bonds. The predicted molar refractivity (Wildman–Crippen MR) is 70.5 cm³/mol. The zero-order valence-corrected chi connectivity index (χ0v) is 11.5. The molecule has 0 aliphatic heterocycles. The summed E-state index contributed by atoms with van der Waals surface area (Å²) in [4.78, 5) is 23.9. The van der Waals surface area contributed by atoms with Crippen molar-refractivity contribution in [2.75, 3.05) is 0 Å². The van der Waals surface area contributed by atoms with Crippen molar-refractivity contribution in [3.05, 3.63) is 58.7 Å². The minimum atomic E-state index is -4.73. The summed E-state index contributed by atoms with van der Waals surface area (Å²) in [5.74, 6) is -2.10. The van der Waals surface area contributed by atoms with Gasteiger partial charge in [-0.15, -0.1) is 0 Å². The van der Waals surface area contributed by atoms with E-state index in [1.54, 1.807) is 0 Å². The third-order valence-corrected chi connectivity index (χ3v) is 3.68. The molecule has 0 N–H and O–H groups in total. The Morgan fingerprint density at radius 1 is 0.542 bits per heavy atom. The highest BCUT2D eigenvalue weighted by Gasteiger charge is 2.37. The first-order valence-electron chi connectivity index (χ1n) is 6.52. The fourth-order valence-corrected chi connectivity index (χ4v) is 2.53. The van der Waals surface area contributed by atoms with Crippen LogP contribution in [0.25, 0.3) is 11.1 Å². The lowest BCUT2D eigenvalue weighted by Gasteiger charge is -2.20. The average Bonchev–Trinajstić information content (AvgIpc) is 2.49. The van der Waals surface area contributed by atoms with E-state index >= 15 is 0 Å². The molecule has 3 rings (SSSR count). The summed E-state index contributed by atoms with van der Waals surface area (Å²) < 4.78 is 77.1. The number of hydrogen-bond acceptors (Lipinski definition) is 2. The van der Waals surface area contributed by atoms with Crippen molar-refractivity contribution in [3.8, 4) is 11.1 Å². The van der Waals surface area contributed by atoms with Crippen molar-refractivity contribution >= 4 is 11.6 Å². The lowest BCUT2D eigenvalue weighted by atomic mass is 9.82. The monoisotopic (exact) mass is 344 g/mol. The van der Waals surface area contributed by atoms with Crippen molar-refractivity contribution in [2.45, 2.75) is 12.4 Å². The minimum Gasteiger partial charge on any atom is -0.285 e. The van der Waals surface area contributed by atoms with Crippen LogP contribution >= 0.6 is 0 Å². The Morgan fingerprint density at radius 3 is 1.17 bits per heavy atom. The van der Waals surface area contributed by atoms with Gasteiger partial charge in [0.25, 0.3) is 0 Å². The summed E-state index contributed by atoms with van der Waals surface area (Å²) >= 11 is 0. The Morgan fingerprint density at radius 2 is 0.875 bits per heavy atom. The van der Waals surface area contributed by atoms with Gasteiger partial charge in [0.05, 0.1) is 11.1 Å². The maximum Gasteiger partial charge on any atom is 0.416 e. The van der Waals surface area contributed by atoms with Crippen molar-refractivity contribution in [1.29, 1.82) is 0 Å². The van der Waals surface area contributed by atoms with Crippen LogP contribution in [0.2, 0.25) is 0 Å². The zero-order valence-electron chi connectivity index (χ0n) is 11.5. The SMILES string of the molecule is O=C1C(=O)c2ccc(C(F)(F)F)cc2-c2cc(C(F)(F)F)ccc21. The first kappa shape index (κ1) is 16.2. The summed E-state index contributed by atoms with van der Waals surface area (Å²) in [6, 6.07) is 4.01. The topological polar surface area (TPSA) is 34.1 Å². The van der Waals surface area contributed by atoms with E-state index in [4.69, 9.17) is 0 Å². The molecule has 2 aromatic rings. The first-order chi connectivity index (χ1) is 11.0. The van der Waals surface area contributed by atoms with Crippen molar-refractivity contribution < 1.29 is 35.9 Å². The molecule has 0 unspecified atom stereocenters. The molecule has 1 aliphatic rings. The number of carbonyl (C=O) groups excluding carboxylic acids is 2. The fraction of sp³-hybridized carbons (Fsp3) is 0.125. The molecule has 2 aromatic carbocycles. The second-order valence-corrected chi connectivity index (χ2v) is 5.17. The molecule has 2 nitrogen and oxygen atoms in total. The molecule has 0 saturated heterocycles. The third-order valence-electron chi connectivity index (χ3n) is 3.68. The van der Waals surface area contributed by atoms with Gasteiger partial charge in [0.15, 0.2) is 0 Å². The van der Waals surface area contributed by atoms with Crippen LogP contribution in [0.1, 0.15) is 31.8 Å². The van der Waals surface area contributed by atoms with Crippen molar-refractivity contribution in [2.24, 2.45) is 0 Å². The lowest BCUT2D eigenvalue weighted by Crippen LogP contribution is -2.22. The smallest absolute Gasteiger partial charge is 0.285 e. The average molecular weight is 344 g/mol.